The number of fused-ring (bicyclic) bond motifs is 1. The molecule has 3 rings (SSSR count). The van der Waals surface area contributed by atoms with Crippen molar-refractivity contribution in [2.45, 2.75) is 39.3 Å². The molecular weight excluding hydrogens is 228 g/mol. The molecule has 0 aromatic carbocycles. The average molecular weight is 246 g/mol. The van der Waals surface area contributed by atoms with Gasteiger partial charge in [-0.25, -0.2) is 0 Å². The Labute approximate surface area is 106 Å². The van der Waals surface area contributed by atoms with Crippen molar-refractivity contribution in [2.24, 2.45) is 13.0 Å². The minimum Gasteiger partial charge on any atom is -0.332 e. The van der Waals surface area contributed by atoms with Crippen LogP contribution in [0.2, 0.25) is 0 Å². The Morgan fingerprint density at radius 1 is 1.39 bits per heavy atom. The second-order valence-corrected chi connectivity index (χ2v) is 5.55. The zero-order valence-corrected chi connectivity index (χ0v) is 10.9. The van der Waals surface area contributed by atoms with E-state index in [4.69, 9.17) is 0 Å². The Hall–Kier alpha value is -1.58. The molecule has 0 bridgehead atoms. The Kier molecular flexibility index (Phi) is 2.54. The molecule has 0 spiro atoms. The fraction of sp³-hybridized carbons (Fsp3) is 0.571. The normalized spacial score (nSPS) is 18.0. The highest BCUT2D eigenvalue weighted by Crippen LogP contribution is 2.34. The number of amides is 1. The molecule has 0 atom stereocenters. The lowest BCUT2D eigenvalue weighted by Crippen LogP contribution is -2.26. The zero-order chi connectivity index (χ0) is 12.9. The molecular formula is C14H18N2O2. The molecule has 96 valence electrons. The van der Waals surface area contributed by atoms with Gasteiger partial charge in [-0.2, -0.15) is 0 Å². The van der Waals surface area contributed by atoms with Crippen LogP contribution in [-0.4, -0.2) is 15.4 Å². The molecule has 2 heterocycles. The van der Waals surface area contributed by atoms with Crippen molar-refractivity contribution in [3.05, 3.63) is 33.2 Å². The van der Waals surface area contributed by atoms with Gasteiger partial charge in [0.05, 0.1) is 6.54 Å². The monoisotopic (exact) mass is 246 g/mol. The minimum absolute atomic E-state index is 0.0164. The molecule has 4 nitrogen and oxygen atoms in total. The predicted octanol–water partition coefficient (Wildman–Crippen LogP) is 1.34. The topological polar surface area (TPSA) is 42.3 Å². The Morgan fingerprint density at radius 3 is 2.78 bits per heavy atom. The maximum Gasteiger partial charge on any atom is 0.250 e. The quantitative estimate of drug-likeness (QED) is 0.790. The van der Waals surface area contributed by atoms with E-state index in [9.17, 15) is 9.59 Å². The maximum atomic E-state index is 12.1. The number of carbonyl (C=O) groups is 1. The number of rotatable bonds is 2. The van der Waals surface area contributed by atoms with Gasteiger partial charge in [0.25, 0.3) is 5.56 Å². The fourth-order valence-corrected chi connectivity index (χ4v) is 2.65. The lowest BCUT2D eigenvalue weighted by atomic mass is 10.1. The summed E-state index contributed by atoms with van der Waals surface area (Å²) in [7, 11) is 1.79. The van der Waals surface area contributed by atoms with Crippen LogP contribution in [0.15, 0.2) is 10.9 Å². The maximum absolute atomic E-state index is 12.1. The summed E-state index contributed by atoms with van der Waals surface area (Å²) >= 11 is 0. The fourth-order valence-electron chi connectivity index (χ4n) is 2.65. The Bertz CT molecular complexity index is 570. The van der Waals surface area contributed by atoms with Crippen LogP contribution in [0.25, 0.3) is 0 Å². The van der Waals surface area contributed by atoms with Gasteiger partial charge < -0.3 is 9.47 Å². The first-order chi connectivity index (χ1) is 8.56. The van der Waals surface area contributed by atoms with Crippen molar-refractivity contribution in [3.63, 3.8) is 0 Å². The summed E-state index contributed by atoms with van der Waals surface area (Å²) in [4.78, 5) is 25.7. The van der Waals surface area contributed by atoms with E-state index in [2.05, 4.69) is 0 Å². The predicted molar refractivity (Wildman–Crippen MR) is 68.0 cm³/mol. The van der Waals surface area contributed by atoms with Gasteiger partial charge in [-0.3, -0.25) is 9.59 Å². The molecule has 0 unspecified atom stereocenters. The molecule has 1 aromatic heterocycles. The highest BCUT2D eigenvalue weighted by molar-refractivity contribution is 5.77. The van der Waals surface area contributed by atoms with Gasteiger partial charge >= 0.3 is 0 Å². The van der Waals surface area contributed by atoms with Crippen molar-refractivity contribution in [2.75, 3.05) is 0 Å². The first kappa shape index (κ1) is 11.5. The van der Waals surface area contributed by atoms with Crippen molar-refractivity contribution in [3.8, 4) is 0 Å². The molecule has 1 amide bonds. The van der Waals surface area contributed by atoms with Gasteiger partial charge in [0.2, 0.25) is 5.91 Å². The molecule has 0 N–H and O–H groups in total. The number of nitrogens with zero attached hydrogens (tertiary/aromatic N) is 2. The second kappa shape index (κ2) is 3.97. The lowest BCUT2D eigenvalue weighted by molar-refractivity contribution is -0.132. The number of hydrogen-bond donors (Lipinski definition) is 0. The molecule has 1 fully saturated rings. The van der Waals surface area contributed by atoms with Crippen LogP contribution >= 0.6 is 0 Å². The molecule has 18 heavy (non-hydrogen) atoms. The summed E-state index contributed by atoms with van der Waals surface area (Å²) in [6.07, 6.45) is 3.08. The zero-order valence-electron chi connectivity index (χ0n) is 10.9. The highest BCUT2D eigenvalue weighted by Gasteiger charge is 2.31. The number of aryl methyl sites for hydroxylation is 1. The first-order valence-electron chi connectivity index (χ1n) is 6.52. The van der Waals surface area contributed by atoms with Crippen LogP contribution in [0, 0.1) is 12.8 Å². The van der Waals surface area contributed by atoms with Crippen molar-refractivity contribution < 1.29 is 4.79 Å². The molecule has 1 aliphatic heterocycles. The van der Waals surface area contributed by atoms with Crippen LogP contribution in [-0.2, 0) is 24.9 Å². The molecule has 4 heteroatoms. The van der Waals surface area contributed by atoms with Gasteiger partial charge in [-0.1, -0.05) is 0 Å². The first-order valence-corrected chi connectivity index (χ1v) is 6.52. The van der Waals surface area contributed by atoms with Crippen molar-refractivity contribution in [1.82, 2.24) is 9.47 Å². The average Bonchev–Trinajstić information content (AvgIpc) is 3.01. The molecule has 0 radical (unpaired) electrons. The van der Waals surface area contributed by atoms with Crippen LogP contribution in [0.1, 0.15) is 36.1 Å². The number of pyridine rings is 1. The Balaban J connectivity index is 1.86. The van der Waals surface area contributed by atoms with Crippen molar-refractivity contribution >= 4 is 5.91 Å². The SMILES string of the molecule is Cc1cc(=O)n(C)c2c1CN(C(=O)CC1CC1)C2. The van der Waals surface area contributed by atoms with E-state index in [1.165, 1.54) is 12.8 Å². The van der Waals surface area contributed by atoms with Gasteiger partial charge in [0, 0.05) is 31.8 Å². The second-order valence-electron chi connectivity index (χ2n) is 5.55. The van der Waals surface area contributed by atoms with E-state index in [1.54, 1.807) is 17.7 Å². The molecule has 2 aliphatic rings. The third-order valence-corrected chi connectivity index (χ3v) is 4.10. The summed E-state index contributed by atoms with van der Waals surface area (Å²) in [6.45, 7) is 3.21. The van der Waals surface area contributed by atoms with Crippen molar-refractivity contribution in [1.29, 1.82) is 0 Å². The summed E-state index contributed by atoms with van der Waals surface area (Å²) in [5.74, 6) is 0.853. The summed E-state index contributed by atoms with van der Waals surface area (Å²) < 4.78 is 1.67. The third kappa shape index (κ3) is 1.85. The summed E-state index contributed by atoms with van der Waals surface area (Å²) in [6, 6.07) is 1.66. The molecule has 1 aliphatic carbocycles. The van der Waals surface area contributed by atoms with Crippen LogP contribution in [0.3, 0.4) is 0 Å². The summed E-state index contributed by atoms with van der Waals surface area (Å²) in [5.41, 5.74) is 3.18. The van der Waals surface area contributed by atoms with Gasteiger partial charge in [0.15, 0.2) is 0 Å². The van der Waals surface area contributed by atoms with E-state index in [0.717, 1.165) is 16.8 Å². The van der Waals surface area contributed by atoms with Crippen LogP contribution in [0.4, 0.5) is 0 Å². The van der Waals surface area contributed by atoms with Gasteiger partial charge in [0.1, 0.15) is 0 Å². The van der Waals surface area contributed by atoms with E-state index in [-0.39, 0.29) is 11.5 Å². The van der Waals surface area contributed by atoms with E-state index < -0.39 is 0 Å². The minimum atomic E-state index is 0.0164. The van der Waals surface area contributed by atoms with Crippen LogP contribution < -0.4 is 5.56 Å². The van der Waals surface area contributed by atoms with E-state index >= 15 is 0 Å². The molecule has 1 saturated carbocycles. The van der Waals surface area contributed by atoms with E-state index in [0.29, 0.717) is 25.4 Å². The third-order valence-electron chi connectivity index (χ3n) is 4.10. The largest absolute Gasteiger partial charge is 0.332 e. The molecule has 1 aromatic rings. The standard InChI is InChI=1S/C14H18N2O2/c1-9-5-13(17)15(2)12-8-16(7-11(9)12)14(18)6-10-3-4-10/h5,10H,3-4,6-8H2,1-2H3. The Morgan fingerprint density at radius 2 is 2.11 bits per heavy atom. The highest BCUT2D eigenvalue weighted by atomic mass is 16.2. The molecule has 0 saturated heterocycles. The van der Waals surface area contributed by atoms with Gasteiger partial charge in [-0.05, 0) is 36.8 Å². The smallest absolute Gasteiger partial charge is 0.250 e. The number of carbonyl (C=O) groups excluding carboxylic acids is 1. The number of hydrogen-bond acceptors (Lipinski definition) is 2. The lowest BCUT2D eigenvalue weighted by Gasteiger charge is -2.15. The van der Waals surface area contributed by atoms with E-state index in [1.807, 2.05) is 11.8 Å². The summed E-state index contributed by atoms with van der Waals surface area (Å²) in [5, 5.41) is 0. The van der Waals surface area contributed by atoms with Gasteiger partial charge in [-0.15, -0.1) is 0 Å². The van der Waals surface area contributed by atoms with Crippen LogP contribution in [0.5, 0.6) is 0 Å². The number of aromatic nitrogens is 1.